The van der Waals surface area contributed by atoms with Gasteiger partial charge < -0.3 is 20.1 Å². The zero-order chi connectivity index (χ0) is 19.8. The number of aliphatic imine (C=N–C) groups is 1. The normalized spacial score (nSPS) is 14.8. The van der Waals surface area contributed by atoms with E-state index >= 15 is 0 Å². The van der Waals surface area contributed by atoms with Crippen LogP contribution in [0, 0.1) is 6.92 Å². The van der Waals surface area contributed by atoms with Gasteiger partial charge in [0.15, 0.2) is 5.96 Å². The van der Waals surface area contributed by atoms with E-state index in [2.05, 4.69) is 45.7 Å². The van der Waals surface area contributed by atoms with E-state index < -0.39 is 0 Å². The van der Waals surface area contributed by atoms with Gasteiger partial charge in [-0.3, -0.25) is 4.99 Å². The monoisotopic (exact) mass is 382 g/mol. The number of aromatic nitrogens is 1. The molecule has 0 saturated heterocycles. The standard InChI is InChI=1S/C22H30N4O2/c1-16-8-9-18(20(12-16)28-19-6-4-5-7-19)15-26-22(23-2)25-14-17-10-11-24-21(13-17)27-3/h8-13,19H,4-7,14-15H2,1-3H3,(H2,23,25,26). The third kappa shape index (κ3) is 5.62. The van der Waals surface area contributed by atoms with Crippen molar-refractivity contribution in [3.05, 3.63) is 53.2 Å². The van der Waals surface area contributed by atoms with Crippen molar-refractivity contribution in [1.29, 1.82) is 0 Å². The molecule has 1 aliphatic rings. The summed E-state index contributed by atoms with van der Waals surface area (Å²) in [7, 11) is 3.39. The molecule has 1 aromatic carbocycles. The lowest BCUT2D eigenvalue weighted by Gasteiger charge is -2.18. The van der Waals surface area contributed by atoms with Crippen molar-refractivity contribution in [2.24, 2.45) is 4.99 Å². The molecular weight excluding hydrogens is 352 g/mol. The molecule has 3 rings (SSSR count). The number of hydrogen-bond donors (Lipinski definition) is 2. The zero-order valence-electron chi connectivity index (χ0n) is 17.0. The van der Waals surface area contributed by atoms with Crippen molar-refractivity contribution in [3.8, 4) is 11.6 Å². The van der Waals surface area contributed by atoms with E-state index in [1.54, 1.807) is 20.4 Å². The molecule has 28 heavy (non-hydrogen) atoms. The van der Waals surface area contributed by atoms with Crippen LogP contribution in [-0.4, -0.2) is 31.2 Å². The highest BCUT2D eigenvalue weighted by Crippen LogP contribution is 2.27. The number of hydrogen-bond acceptors (Lipinski definition) is 4. The van der Waals surface area contributed by atoms with Gasteiger partial charge in [0, 0.05) is 38.0 Å². The van der Waals surface area contributed by atoms with Gasteiger partial charge in [-0.15, -0.1) is 0 Å². The van der Waals surface area contributed by atoms with E-state index in [0.717, 1.165) is 35.7 Å². The second kappa shape index (κ2) is 9.97. The van der Waals surface area contributed by atoms with Crippen LogP contribution >= 0.6 is 0 Å². The van der Waals surface area contributed by atoms with E-state index in [1.165, 1.54) is 18.4 Å². The highest BCUT2D eigenvalue weighted by Gasteiger charge is 2.18. The van der Waals surface area contributed by atoms with Crippen molar-refractivity contribution in [2.45, 2.75) is 51.8 Å². The van der Waals surface area contributed by atoms with Crippen molar-refractivity contribution in [2.75, 3.05) is 14.2 Å². The fraction of sp³-hybridized carbons (Fsp3) is 0.455. The molecule has 6 nitrogen and oxygen atoms in total. The molecule has 1 saturated carbocycles. The van der Waals surface area contributed by atoms with Crippen LogP contribution in [0.1, 0.15) is 42.4 Å². The Bertz CT molecular complexity index is 801. The first-order valence-corrected chi connectivity index (χ1v) is 9.87. The Labute approximate surface area is 167 Å². The molecule has 2 aromatic rings. The second-order valence-corrected chi connectivity index (χ2v) is 7.12. The largest absolute Gasteiger partial charge is 0.490 e. The van der Waals surface area contributed by atoms with Crippen LogP contribution in [0.2, 0.25) is 0 Å². The minimum absolute atomic E-state index is 0.347. The molecule has 6 heteroatoms. The molecule has 0 atom stereocenters. The number of ether oxygens (including phenoxy) is 2. The molecule has 0 unspecified atom stereocenters. The number of nitrogens with zero attached hydrogens (tertiary/aromatic N) is 2. The highest BCUT2D eigenvalue weighted by atomic mass is 16.5. The molecule has 1 aliphatic carbocycles. The minimum Gasteiger partial charge on any atom is -0.490 e. The highest BCUT2D eigenvalue weighted by molar-refractivity contribution is 5.79. The third-order valence-electron chi connectivity index (χ3n) is 4.96. The number of methoxy groups -OCH3 is 1. The number of pyridine rings is 1. The predicted molar refractivity (Wildman–Crippen MR) is 112 cm³/mol. The van der Waals surface area contributed by atoms with Gasteiger partial charge in [-0.1, -0.05) is 12.1 Å². The predicted octanol–water partition coefficient (Wildman–Crippen LogP) is 3.59. The van der Waals surface area contributed by atoms with Crippen LogP contribution in [0.4, 0.5) is 0 Å². The number of benzene rings is 1. The molecule has 0 bridgehead atoms. The Morgan fingerprint density at radius 2 is 1.93 bits per heavy atom. The van der Waals surface area contributed by atoms with Crippen molar-refractivity contribution >= 4 is 5.96 Å². The van der Waals surface area contributed by atoms with Crippen molar-refractivity contribution in [3.63, 3.8) is 0 Å². The summed E-state index contributed by atoms with van der Waals surface area (Å²) in [6.45, 7) is 3.39. The van der Waals surface area contributed by atoms with Crippen LogP contribution in [0.15, 0.2) is 41.5 Å². The van der Waals surface area contributed by atoms with Crippen LogP contribution in [0.25, 0.3) is 0 Å². The number of aryl methyl sites for hydroxylation is 1. The summed E-state index contributed by atoms with van der Waals surface area (Å²) < 4.78 is 11.5. The smallest absolute Gasteiger partial charge is 0.213 e. The van der Waals surface area contributed by atoms with Crippen molar-refractivity contribution < 1.29 is 9.47 Å². The average molecular weight is 383 g/mol. The lowest BCUT2D eigenvalue weighted by Crippen LogP contribution is -2.36. The Morgan fingerprint density at radius 1 is 1.14 bits per heavy atom. The Hall–Kier alpha value is -2.76. The molecule has 1 aromatic heterocycles. The summed E-state index contributed by atoms with van der Waals surface area (Å²) in [5, 5.41) is 6.71. The van der Waals surface area contributed by atoms with Gasteiger partial charge in [0.25, 0.3) is 0 Å². The topological polar surface area (TPSA) is 67.8 Å². The van der Waals surface area contributed by atoms with Gasteiger partial charge in [0.05, 0.1) is 13.2 Å². The Morgan fingerprint density at radius 3 is 2.68 bits per heavy atom. The van der Waals surface area contributed by atoms with Crippen LogP contribution in [0.5, 0.6) is 11.6 Å². The molecule has 0 spiro atoms. The summed E-state index contributed by atoms with van der Waals surface area (Å²) in [6, 6.07) is 10.3. The van der Waals surface area contributed by atoms with E-state index in [0.29, 0.717) is 25.1 Å². The average Bonchev–Trinajstić information content (AvgIpc) is 3.22. The molecule has 0 amide bonds. The summed E-state index contributed by atoms with van der Waals surface area (Å²) >= 11 is 0. The summed E-state index contributed by atoms with van der Waals surface area (Å²) in [5.74, 6) is 2.33. The molecule has 2 N–H and O–H groups in total. The first kappa shape index (κ1) is 20.0. The van der Waals surface area contributed by atoms with Gasteiger partial charge >= 0.3 is 0 Å². The summed E-state index contributed by atoms with van der Waals surface area (Å²) in [6.07, 6.45) is 6.92. The molecule has 1 fully saturated rings. The maximum atomic E-state index is 6.29. The fourth-order valence-corrected chi connectivity index (χ4v) is 3.36. The Kier molecular flexibility index (Phi) is 7.12. The van der Waals surface area contributed by atoms with E-state index in [-0.39, 0.29) is 0 Å². The van der Waals surface area contributed by atoms with Gasteiger partial charge in [-0.25, -0.2) is 4.98 Å². The van der Waals surface area contributed by atoms with Gasteiger partial charge in [-0.2, -0.15) is 0 Å². The van der Waals surface area contributed by atoms with Gasteiger partial charge in [0.2, 0.25) is 5.88 Å². The van der Waals surface area contributed by atoms with E-state index in [1.807, 2.05) is 12.1 Å². The third-order valence-corrected chi connectivity index (χ3v) is 4.96. The SMILES string of the molecule is CN=C(NCc1ccnc(OC)c1)NCc1ccc(C)cc1OC1CCCC1. The fourth-order valence-electron chi connectivity index (χ4n) is 3.36. The lowest BCUT2D eigenvalue weighted by molar-refractivity contribution is 0.207. The molecule has 0 aliphatic heterocycles. The first-order valence-electron chi connectivity index (χ1n) is 9.87. The van der Waals surface area contributed by atoms with Gasteiger partial charge in [-0.05, 0) is 55.9 Å². The number of guanidine groups is 1. The Balaban J connectivity index is 1.58. The zero-order valence-corrected chi connectivity index (χ0v) is 17.0. The maximum absolute atomic E-state index is 6.29. The first-order chi connectivity index (χ1) is 13.7. The second-order valence-electron chi connectivity index (χ2n) is 7.12. The molecule has 1 heterocycles. The summed E-state index contributed by atoms with van der Waals surface area (Å²) in [4.78, 5) is 8.45. The molecule has 0 radical (unpaired) electrons. The van der Waals surface area contributed by atoms with Crippen LogP contribution in [0.3, 0.4) is 0 Å². The van der Waals surface area contributed by atoms with Crippen molar-refractivity contribution in [1.82, 2.24) is 15.6 Å². The quantitative estimate of drug-likeness (QED) is 0.566. The minimum atomic E-state index is 0.347. The molecular formula is C22H30N4O2. The number of nitrogens with one attached hydrogen (secondary N) is 2. The van der Waals surface area contributed by atoms with Gasteiger partial charge in [0.1, 0.15) is 5.75 Å². The maximum Gasteiger partial charge on any atom is 0.213 e. The van der Waals surface area contributed by atoms with Crippen LogP contribution in [-0.2, 0) is 13.1 Å². The molecule has 150 valence electrons. The van der Waals surface area contributed by atoms with E-state index in [9.17, 15) is 0 Å². The lowest BCUT2D eigenvalue weighted by atomic mass is 10.1. The van der Waals surface area contributed by atoms with Crippen LogP contribution < -0.4 is 20.1 Å². The number of rotatable bonds is 7. The van der Waals surface area contributed by atoms with E-state index in [4.69, 9.17) is 9.47 Å². The summed E-state index contributed by atoms with van der Waals surface area (Å²) in [5.41, 5.74) is 3.44.